The van der Waals surface area contributed by atoms with Crippen molar-refractivity contribution in [2.45, 2.75) is 6.42 Å². The summed E-state index contributed by atoms with van der Waals surface area (Å²) in [4.78, 5) is 23.6. The standard InChI is InChI=1S/C8H13NO4/c1-12-7(10)6-3-4-9(5-6)8(11)13-2/h6H,3-5H2,1-2H3/t6-/m0/s1. The van der Waals surface area contributed by atoms with Crippen LogP contribution in [0.4, 0.5) is 4.79 Å². The fourth-order valence-electron chi connectivity index (χ4n) is 1.41. The smallest absolute Gasteiger partial charge is 0.409 e. The maximum absolute atomic E-state index is 11.1. The summed E-state index contributed by atoms with van der Waals surface area (Å²) in [5.74, 6) is -0.449. The lowest BCUT2D eigenvalue weighted by Crippen LogP contribution is -2.29. The van der Waals surface area contributed by atoms with Gasteiger partial charge in [0.15, 0.2) is 0 Å². The largest absolute Gasteiger partial charge is 0.469 e. The van der Waals surface area contributed by atoms with Gasteiger partial charge in [-0.2, -0.15) is 0 Å². The van der Waals surface area contributed by atoms with Crippen LogP contribution in [0.1, 0.15) is 6.42 Å². The van der Waals surface area contributed by atoms with Crippen LogP contribution >= 0.6 is 0 Å². The molecule has 1 saturated heterocycles. The molecule has 0 N–H and O–H groups in total. The third-order valence-corrected chi connectivity index (χ3v) is 2.16. The highest BCUT2D eigenvalue weighted by atomic mass is 16.5. The summed E-state index contributed by atoms with van der Waals surface area (Å²) in [6, 6.07) is 0. The molecule has 0 aromatic carbocycles. The summed E-state index contributed by atoms with van der Waals surface area (Å²) in [5.41, 5.74) is 0. The van der Waals surface area contributed by atoms with Crippen LogP contribution in [-0.4, -0.2) is 44.3 Å². The average Bonchev–Trinajstić information content (AvgIpc) is 2.64. The Morgan fingerprint density at radius 2 is 2.00 bits per heavy atom. The molecule has 1 aliphatic rings. The van der Waals surface area contributed by atoms with Gasteiger partial charge in [-0.15, -0.1) is 0 Å². The summed E-state index contributed by atoms with van der Waals surface area (Å²) in [6.07, 6.45) is 0.272. The quantitative estimate of drug-likeness (QED) is 0.552. The Hall–Kier alpha value is -1.26. The molecule has 1 fully saturated rings. The number of hydrogen-bond acceptors (Lipinski definition) is 4. The topological polar surface area (TPSA) is 55.8 Å². The van der Waals surface area contributed by atoms with Gasteiger partial charge in [0.25, 0.3) is 0 Å². The van der Waals surface area contributed by atoms with Crippen molar-refractivity contribution in [3.05, 3.63) is 0 Å². The molecule has 1 heterocycles. The molecule has 0 spiro atoms. The first-order valence-corrected chi connectivity index (χ1v) is 4.09. The van der Waals surface area contributed by atoms with E-state index < -0.39 is 0 Å². The van der Waals surface area contributed by atoms with E-state index in [2.05, 4.69) is 9.47 Å². The highest BCUT2D eigenvalue weighted by Gasteiger charge is 2.31. The highest BCUT2D eigenvalue weighted by molar-refractivity contribution is 5.75. The van der Waals surface area contributed by atoms with Crippen molar-refractivity contribution in [2.24, 2.45) is 5.92 Å². The van der Waals surface area contributed by atoms with Gasteiger partial charge in [0.05, 0.1) is 20.1 Å². The van der Waals surface area contributed by atoms with E-state index >= 15 is 0 Å². The van der Waals surface area contributed by atoms with Gasteiger partial charge in [-0.25, -0.2) is 4.79 Å². The van der Waals surface area contributed by atoms with Gasteiger partial charge in [-0.3, -0.25) is 4.79 Å². The minimum Gasteiger partial charge on any atom is -0.469 e. The first-order valence-electron chi connectivity index (χ1n) is 4.09. The van der Waals surface area contributed by atoms with Gasteiger partial charge in [-0.05, 0) is 6.42 Å². The minimum atomic E-state index is -0.383. The van der Waals surface area contributed by atoms with Crippen LogP contribution in [0, 0.1) is 5.92 Å². The SMILES string of the molecule is COC(=O)[C@H]1CCN(C(=O)OC)C1. The van der Waals surface area contributed by atoms with Crippen LogP contribution in [0.2, 0.25) is 0 Å². The first-order chi connectivity index (χ1) is 6.19. The Morgan fingerprint density at radius 3 is 2.54 bits per heavy atom. The average molecular weight is 187 g/mol. The maximum atomic E-state index is 11.1. The van der Waals surface area contributed by atoms with Crippen LogP contribution in [-0.2, 0) is 14.3 Å². The molecule has 0 radical (unpaired) electrons. The van der Waals surface area contributed by atoms with Gasteiger partial charge in [0, 0.05) is 13.1 Å². The fraction of sp³-hybridized carbons (Fsp3) is 0.750. The second kappa shape index (κ2) is 4.11. The predicted molar refractivity (Wildman–Crippen MR) is 44.1 cm³/mol. The number of likely N-dealkylation sites (tertiary alicyclic amines) is 1. The Labute approximate surface area is 76.6 Å². The summed E-state index contributed by atoms with van der Waals surface area (Å²) < 4.78 is 9.11. The van der Waals surface area contributed by atoms with E-state index in [9.17, 15) is 9.59 Å². The van der Waals surface area contributed by atoms with Gasteiger partial charge in [0.2, 0.25) is 0 Å². The van der Waals surface area contributed by atoms with Crippen LogP contribution in [0.15, 0.2) is 0 Å². The van der Waals surface area contributed by atoms with Crippen molar-refractivity contribution >= 4 is 12.1 Å². The van der Waals surface area contributed by atoms with E-state index in [0.717, 1.165) is 0 Å². The first kappa shape index (κ1) is 9.83. The predicted octanol–water partition coefficient (Wildman–Crippen LogP) is 0.248. The van der Waals surface area contributed by atoms with Gasteiger partial charge in [0.1, 0.15) is 0 Å². The number of hydrogen-bond donors (Lipinski definition) is 0. The summed E-state index contributed by atoms with van der Waals surface area (Å²) >= 11 is 0. The zero-order chi connectivity index (χ0) is 9.84. The monoisotopic (exact) mass is 187 g/mol. The molecule has 0 aromatic heterocycles. The van der Waals surface area contributed by atoms with Gasteiger partial charge in [-0.1, -0.05) is 0 Å². The minimum absolute atomic E-state index is 0.191. The molecule has 0 aromatic rings. The lowest BCUT2D eigenvalue weighted by atomic mass is 10.1. The van der Waals surface area contributed by atoms with Crippen LogP contribution in [0.5, 0.6) is 0 Å². The maximum Gasteiger partial charge on any atom is 0.409 e. The Kier molecular flexibility index (Phi) is 3.11. The molecule has 74 valence electrons. The number of carbonyl (C=O) groups is 2. The Balaban J connectivity index is 2.44. The lowest BCUT2D eigenvalue weighted by Gasteiger charge is -2.13. The number of ether oxygens (including phenoxy) is 2. The number of esters is 1. The molecule has 0 aliphatic carbocycles. The normalized spacial score (nSPS) is 21.4. The lowest BCUT2D eigenvalue weighted by molar-refractivity contribution is -0.144. The van der Waals surface area contributed by atoms with E-state index in [1.165, 1.54) is 19.1 Å². The van der Waals surface area contributed by atoms with Crippen molar-refractivity contribution in [1.29, 1.82) is 0 Å². The molecule has 5 nitrogen and oxygen atoms in total. The molecular formula is C8H13NO4. The molecule has 1 rings (SSSR count). The van der Waals surface area contributed by atoms with Crippen LogP contribution < -0.4 is 0 Å². The summed E-state index contributed by atoms with van der Waals surface area (Å²) in [7, 11) is 2.68. The number of carbonyl (C=O) groups excluding carboxylic acids is 2. The second-order valence-corrected chi connectivity index (χ2v) is 2.92. The van der Waals surface area contributed by atoms with Crippen molar-refractivity contribution in [3.8, 4) is 0 Å². The van der Waals surface area contributed by atoms with Crippen molar-refractivity contribution in [1.82, 2.24) is 4.90 Å². The third kappa shape index (κ3) is 2.11. The molecule has 13 heavy (non-hydrogen) atoms. The van der Waals surface area contributed by atoms with Gasteiger partial charge < -0.3 is 14.4 Å². The van der Waals surface area contributed by atoms with E-state index in [1.807, 2.05) is 0 Å². The molecule has 5 heteroatoms. The highest BCUT2D eigenvalue weighted by Crippen LogP contribution is 2.17. The number of methoxy groups -OCH3 is 2. The van der Waals surface area contributed by atoms with Crippen molar-refractivity contribution in [3.63, 3.8) is 0 Å². The fourth-order valence-corrected chi connectivity index (χ4v) is 1.41. The van der Waals surface area contributed by atoms with E-state index in [0.29, 0.717) is 19.5 Å². The molecular weight excluding hydrogens is 174 g/mol. The Bertz CT molecular complexity index is 194. The van der Waals surface area contributed by atoms with Crippen LogP contribution in [0.3, 0.4) is 0 Å². The summed E-state index contributed by atoms with van der Waals surface area (Å²) in [5, 5.41) is 0. The molecule has 0 bridgehead atoms. The molecule has 0 saturated carbocycles. The second-order valence-electron chi connectivity index (χ2n) is 2.92. The molecule has 0 unspecified atom stereocenters. The zero-order valence-corrected chi connectivity index (χ0v) is 7.78. The molecule has 1 aliphatic heterocycles. The molecule has 1 amide bonds. The zero-order valence-electron chi connectivity index (χ0n) is 7.78. The van der Waals surface area contributed by atoms with Gasteiger partial charge >= 0.3 is 12.1 Å². The summed E-state index contributed by atoms with van der Waals surface area (Å²) in [6.45, 7) is 0.964. The Morgan fingerprint density at radius 1 is 1.31 bits per heavy atom. The van der Waals surface area contributed by atoms with Crippen molar-refractivity contribution in [2.75, 3.05) is 27.3 Å². The number of nitrogens with zero attached hydrogens (tertiary/aromatic N) is 1. The van der Waals surface area contributed by atoms with E-state index in [-0.39, 0.29) is 18.0 Å². The van der Waals surface area contributed by atoms with Crippen LogP contribution in [0.25, 0.3) is 0 Å². The van der Waals surface area contributed by atoms with E-state index in [4.69, 9.17) is 0 Å². The molecule has 1 atom stereocenters. The third-order valence-electron chi connectivity index (χ3n) is 2.16. The number of rotatable bonds is 1. The van der Waals surface area contributed by atoms with E-state index in [1.54, 1.807) is 0 Å². The van der Waals surface area contributed by atoms with Crippen molar-refractivity contribution < 1.29 is 19.1 Å². The number of amides is 1.